The molecule has 0 radical (unpaired) electrons. The minimum atomic E-state index is -0.444. The van der Waals surface area contributed by atoms with E-state index in [2.05, 4.69) is 30.6 Å². The van der Waals surface area contributed by atoms with E-state index in [-0.39, 0.29) is 11.5 Å². The lowest BCUT2D eigenvalue weighted by Crippen LogP contribution is -2.16. The SMILES string of the molecule is Cn1ccc(NC(=O)c2nc(Sc3nncs3)cnc2Sc2ccc(F)cc2)n1. The molecule has 0 fully saturated rings. The molecule has 0 saturated heterocycles. The molecule has 8 nitrogen and oxygen atoms in total. The van der Waals surface area contributed by atoms with Crippen LogP contribution in [0.2, 0.25) is 0 Å². The van der Waals surface area contributed by atoms with Crippen LogP contribution in [0.5, 0.6) is 0 Å². The Balaban J connectivity index is 1.64. The summed E-state index contributed by atoms with van der Waals surface area (Å²) in [5.74, 6) is -0.378. The Morgan fingerprint density at radius 2 is 2.03 bits per heavy atom. The first-order chi connectivity index (χ1) is 14.1. The van der Waals surface area contributed by atoms with E-state index in [1.165, 1.54) is 47.0 Å². The third kappa shape index (κ3) is 4.96. The molecule has 0 spiro atoms. The van der Waals surface area contributed by atoms with Gasteiger partial charge in [0.15, 0.2) is 15.9 Å². The molecule has 0 atom stereocenters. The molecule has 4 aromatic rings. The summed E-state index contributed by atoms with van der Waals surface area (Å²) >= 11 is 3.85. The molecule has 0 aliphatic heterocycles. The van der Waals surface area contributed by atoms with Crippen LogP contribution >= 0.6 is 34.9 Å². The molecule has 1 N–H and O–H groups in total. The van der Waals surface area contributed by atoms with Crippen molar-refractivity contribution in [1.29, 1.82) is 0 Å². The van der Waals surface area contributed by atoms with Gasteiger partial charge in [-0.2, -0.15) is 5.10 Å². The first-order valence-corrected chi connectivity index (χ1v) is 10.6. The lowest BCUT2D eigenvalue weighted by Gasteiger charge is -2.09. The fraction of sp³-hybridized carbons (Fsp3) is 0.0588. The van der Waals surface area contributed by atoms with Crippen molar-refractivity contribution < 1.29 is 9.18 Å². The van der Waals surface area contributed by atoms with Crippen LogP contribution in [-0.4, -0.2) is 35.9 Å². The van der Waals surface area contributed by atoms with Gasteiger partial charge in [0.1, 0.15) is 21.4 Å². The number of aryl methyl sites for hydroxylation is 1. The highest BCUT2D eigenvalue weighted by atomic mass is 32.2. The summed E-state index contributed by atoms with van der Waals surface area (Å²) in [7, 11) is 1.75. The van der Waals surface area contributed by atoms with Crippen LogP contribution in [0.3, 0.4) is 0 Å². The Kier molecular flexibility index (Phi) is 5.83. The predicted molar refractivity (Wildman–Crippen MR) is 108 cm³/mol. The first-order valence-electron chi connectivity index (χ1n) is 8.12. The Bertz CT molecular complexity index is 1130. The van der Waals surface area contributed by atoms with Gasteiger partial charge in [0.25, 0.3) is 5.91 Å². The summed E-state index contributed by atoms with van der Waals surface area (Å²) in [5.41, 5.74) is 1.75. The summed E-state index contributed by atoms with van der Waals surface area (Å²) in [6.07, 6.45) is 3.28. The highest BCUT2D eigenvalue weighted by molar-refractivity contribution is 8.01. The molecular formula is C17H12FN7OS3. The number of benzene rings is 1. The minimum Gasteiger partial charge on any atom is -0.304 e. The second-order valence-corrected chi connectivity index (χ2v) is 8.72. The van der Waals surface area contributed by atoms with Gasteiger partial charge in [-0.3, -0.25) is 9.48 Å². The van der Waals surface area contributed by atoms with Gasteiger partial charge >= 0.3 is 0 Å². The number of amides is 1. The van der Waals surface area contributed by atoms with E-state index in [1.54, 1.807) is 47.8 Å². The second-order valence-electron chi connectivity index (χ2n) is 5.55. The number of nitrogens with one attached hydrogen (secondary N) is 1. The third-order valence-electron chi connectivity index (χ3n) is 3.45. The zero-order valence-electron chi connectivity index (χ0n) is 14.8. The predicted octanol–water partition coefficient (Wildman–Crippen LogP) is 3.76. The van der Waals surface area contributed by atoms with Gasteiger partial charge in [-0.1, -0.05) is 23.1 Å². The van der Waals surface area contributed by atoms with E-state index in [0.717, 1.165) is 4.90 Å². The van der Waals surface area contributed by atoms with Gasteiger partial charge in [0, 0.05) is 24.2 Å². The van der Waals surface area contributed by atoms with Crippen LogP contribution in [0.1, 0.15) is 10.5 Å². The number of nitrogens with zero attached hydrogens (tertiary/aromatic N) is 6. The van der Waals surface area contributed by atoms with Gasteiger partial charge in [-0.25, -0.2) is 14.4 Å². The van der Waals surface area contributed by atoms with Crippen molar-refractivity contribution in [1.82, 2.24) is 29.9 Å². The standard InChI is InChI=1S/C17H12FN7OS3/c1-25-7-6-12(24-25)21-15(26)14-16(28-11-4-2-10(18)3-5-11)19-8-13(22-14)29-17-23-20-9-27-17/h2-9H,1H3,(H,21,24,26). The Labute approximate surface area is 177 Å². The number of carbonyl (C=O) groups is 1. The Morgan fingerprint density at radius 1 is 1.21 bits per heavy atom. The molecular weight excluding hydrogens is 433 g/mol. The molecule has 3 aromatic heterocycles. The number of carbonyl (C=O) groups excluding carboxylic acids is 1. The minimum absolute atomic E-state index is 0.138. The molecule has 0 aliphatic carbocycles. The summed E-state index contributed by atoms with van der Waals surface area (Å²) in [5, 5.41) is 15.5. The van der Waals surface area contributed by atoms with Crippen molar-refractivity contribution >= 4 is 46.6 Å². The van der Waals surface area contributed by atoms with Crippen LogP contribution in [0.4, 0.5) is 10.2 Å². The number of anilines is 1. The zero-order valence-corrected chi connectivity index (χ0v) is 17.3. The van der Waals surface area contributed by atoms with E-state index in [0.29, 0.717) is 20.2 Å². The summed E-state index contributed by atoms with van der Waals surface area (Å²) in [6, 6.07) is 7.61. The van der Waals surface area contributed by atoms with E-state index in [4.69, 9.17) is 0 Å². The van der Waals surface area contributed by atoms with Crippen LogP contribution in [-0.2, 0) is 7.05 Å². The molecule has 12 heteroatoms. The van der Waals surface area contributed by atoms with Crippen molar-refractivity contribution in [2.24, 2.45) is 7.05 Å². The van der Waals surface area contributed by atoms with E-state index >= 15 is 0 Å². The number of halogens is 1. The largest absolute Gasteiger partial charge is 0.304 e. The van der Waals surface area contributed by atoms with Crippen molar-refractivity contribution in [3.05, 3.63) is 59.7 Å². The topological polar surface area (TPSA) is 98.5 Å². The lowest BCUT2D eigenvalue weighted by atomic mass is 10.3. The Morgan fingerprint density at radius 3 is 2.72 bits per heavy atom. The van der Waals surface area contributed by atoms with Gasteiger partial charge in [0.05, 0.1) is 6.20 Å². The second kappa shape index (κ2) is 8.68. The monoisotopic (exact) mass is 445 g/mol. The number of aromatic nitrogens is 6. The van der Waals surface area contributed by atoms with Gasteiger partial charge in [-0.05, 0) is 36.0 Å². The van der Waals surface area contributed by atoms with Crippen molar-refractivity contribution in [3.8, 4) is 0 Å². The van der Waals surface area contributed by atoms with Crippen LogP contribution in [0.25, 0.3) is 0 Å². The van der Waals surface area contributed by atoms with E-state index in [9.17, 15) is 9.18 Å². The quantitative estimate of drug-likeness (QED) is 0.479. The smallest absolute Gasteiger partial charge is 0.278 e. The van der Waals surface area contributed by atoms with E-state index < -0.39 is 5.91 Å². The molecule has 1 aromatic carbocycles. The van der Waals surface area contributed by atoms with Gasteiger partial charge < -0.3 is 5.32 Å². The lowest BCUT2D eigenvalue weighted by molar-refractivity contribution is 0.101. The number of hydrogen-bond donors (Lipinski definition) is 1. The molecule has 0 aliphatic rings. The maximum absolute atomic E-state index is 13.2. The van der Waals surface area contributed by atoms with E-state index in [1.807, 2.05) is 0 Å². The van der Waals surface area contributed by atoms with Crippen LogP contribution in [0.15, 0.2) is 67.5 Å². The highest BCUT2D eigenvalue weighted by Crippen LogP contribution is 2.32. The summed E-state index contributed by atoms with van der Waals surface area (Å²) in [6.45, 7) is 0. The average Bonchev–Trinajstić information content (AvgIpc) is 3.36. The maximum atomic E-state index is 13.2. The first kappa shape index (κ1) is 19.5. The summed E-state index contributed by atoms with van der Waals surface area (Å²) in [4.78, 5) is 22.5. The summed E-state index contributed by atoms with van der Waals surface area (Å²) < 4.78 is 15.5. The molecule has 29 heavy (non-hydrogen) atoms. The van der Waals surface area contributed by atoms with Crippen molar-refractivity contribution in [3.63, 3.8) is 0 Å². The molecule has 0 bridgehead atoms. The number of hydrogen-bond acceptors (Lipinski definition) is 9. The normalized spacial score (nSPS) is 10.8. The molecule has 1 amide bonds. The van der Waals surface area contributed by atoms with Crippen molar-refractivity contribution in [2.45, 2.75) is 19.3 Å². The molecule has 4 rings (SSSR count). The third-order valence-corrected chi connectivity index (χ3v) is 6.13. The zero-order chi connectivity index (χ0) is 20.2. The molecule has 0 unspecified atom stereocenters. The fourth-order valence-corrected chi connectivity index (χ4v) is 4.40. The van der Waals surface area contributed by atoms with Gasteiger partial charge in [0.2, 0.25) is 0 Å². The molecule has 146 valence electrons. The van der Waals surface area contributed by atoms with Crippen LogP contribution in [0, 0.1) is 5.82 Å². The maximum Gasteiger partial charge on any atom is 0.278 e. The van der Waals surface area contributed by atoms with Crippen molar-refractivity contribution in [2.75, 3.05) is 5.32 Å². The average molecular weight is 446 g/mol. The highest BCUT2D eigenvalue weighted by Gasteiger charge is 2.19. The molecule has 0 saturated carbocycles. The Hall–Kier alpha value is -2.83. The van der Waals surface area contributed by atoms with Crippen LogP contribution < -0.4 is 5.32 Å². The number of rotatable bonds is 6. The van der Waals surface area contributed by atoms with Gasteiger partial charge in [-0.15, -0.1) is 10.2 Å². The fourth-order valence-electron chi connectivity index (χ4n) is 2.20. The molecule has 3 heterocycles.